The first-order chi connectivity index (χ1) is 11.3. The third-order valence-corrected chi connectivity index (χ3v) is 8.86. The Morgan fingerprint density at radius 1 is 0.833 bits per heavy atom. The van der Waals surface area contributed by atoms with Crippen molar-refractivity contribution in [1.82, 2.24) is 0 Å². The maximum Gasteiger partial charge on any atom is 0.136 e. The number of ketones is 1. The molecule has 0 heterocycles. The molecule has 136 valence electrons. The van der Waals surface area contributed by atoms with Crippen LogP contribution >= 0.6 is 0 Å². The average molecular weight is 331 g/mol. The van der Waals surface area contributed by atoms with Crippen LogP contribution in [-0.4, -0.2) is 5.78 Å². The Morgan fingerprint density at radius 3 is 1.96 bits per heavy atom. The molecule has 6 aliphatic carbocycles. The van der Waals surface area contributed by atoms with Crippen molar-refractivity contribution in [1.29, 1.82) is 0 Å². The van der Waals surface area contributed by atoms with Crippen LogP contribution in [0.15, 0.2) is 0 Å². The fourth-order valence-electron chi connectivity index (χ4n) is 7.93. The molecule has 0 radical (unpaired) electrons. The summed E-state index contributed by atoms with van der Waals surface area (Å²) in [6, 6.07) is 0. The molecule has 6 atom stereocenters. The minimum Gasteiger partial charge on any atom is -0.299 e. The highest BCUT2D eigenvalue weighted by Gasteiger charge is 2.50. The number of hydrogen-bond donors (Lipinski definition) is 0. The Bertz CT molecular complexity index is 502. The molecule has 4 bridgehead atoms. The van der Waals surface area contributed by atoms with Crippen molar-refractivity contribution in [2.24, 2.45) is 46.3 Å². The molecule has 0 aromatic heterocycles. The summed E-state index contributed by atoms with van der Waals surface area (Å²) < 4.78 is 0. The van der Waals surface area contributed by atoms with E-state index >= 15 is 0 Å². The molecule has 1 nitrogen and oxygen atoms in total. The molecule has 24 heavy (non-hydrogen) atoms. The fourth-order valence-corrected chi connectivity index (χ4v) is 7.93. The van der Waals surface area contributed by atoms with E-state index in [4.69, 9.17) is 0 Å². The Morgan fingerprint density at radius 2 is 1.42 bits per heavy atom. The van der Waals surface area contributed by atoms with Crippen molar-refractivity contribution in [2.75, 3.05) is 0 Å². The zero-order valence-corrected chi connectivity index (χ0v) is 16.4. The molecule has 6 rings (SSSR count). The van der Waals surface area contributed by atoms with Crippen LogP contribution in [0, 0.1) is 46.3 Å². The van der Waals surface area contributed by atoms with Gasteiger partial charge >= 0.3 is 0 Å². The molecule has 0 spiro atoms. The predicted octanol–water partition coefficient (Wildman–Crippen LogP) is 6.26. The van der Waals surface area contributed by atoms with E-state index in [-0.39, 0.29) is 0 Å². The van der Waals surface area contributed by atoms with Crippen molar-refractivity contribution in [3.8, 4) is 0 Å². The van der Waals surface area contributed by atoms with Crippen LogP contribution in [-0.2, 0) is 4.79 Å². The Hall–Kier alpha value is -0.330. The lowest BCUT2D eigenvalue weighted by molar-refractivity contribution is -0.134. The highest BCUT2D eigenvalue weighted by atomic mass is 16.1. The molecule has 0 saturated heterocycles. The number of carbonyl (C=O) groups excluding carboxylic acids is 1. The van der Waals surface area contributed by atoms with Gasteiger partial charge in [0.15, 0.2) is 0 Å². The van der Waals surface area contributed by atoms with Crippen LogP contribution in [0.1, 0.15) is 91.9 Å². The quantitative estimate of drug-likeness (QED) is 0.594. The van der Waals surface area contributed by atoms with Crippen molar-refractivity contribution >= 4 is 5.78 Å². The second kappa shape index (κ2) is 5.85. The fraction of sp³-hybridized carbons (Fsp3) is 0.957. The van der Waals surface area contributed by atoms with Crippen LogP contribution in [0.4, 0.5) is 0 Å². The van der Waals surface area contributed by atoms with Gasteiger partial charge in [-0.25, -0.2) is 0 Å². The van der Waals surface area contributed by atoms with Crippen molar-refractivity contribution in [2.45, 2.75) is 91.9 Å². The van der Waals surface area contributed by atoms with E-state index in [0.29, 0.717) is 28.4 Å². The number of hydrogen-bond acceptors (Lipinski definition) is 1. The Balaban J connectivity index is 1.37. The summed E-state index contributed by atoms with van der Waals surface area (Å²) in [6.45, 7) is 9.82. The minimum atomic E-state index is 0.404. The van der Waals surface area contributed by atoms with Gasteiger partial charge in [-0.15, -0.1) is 0 Å². The first-order valence-corrected chi connectivity index (χ1v) is 10.8. The SMILES string of the molecule is CC1(C)CC2CCC1C(CCC(=O)C1CC3CCC1C(C)(C)C3)C2. The number of rotatable bonds is 4. The minimum absolute atomic E-state index is 0.404. The number of carbonyl (C=O) groups is 1. The van der Waals surface area contributed by atoms with E-state index in [9.17, 15) is 4.79 Å². The molecule has 6 aliphatic rings. The van der Waals surface area contributed by atoms with E-state index in [1.807, 2.05) is 0 Å². The Labute approximate surface area is 149 Å². The summed E-state index contributed by atoms with van der Waals surface area (Å²) in [7, 11) is 0. The summed E-state index contributed by atoms with van der Waals surface area (Å²) in [5.41, 5.74) is 0.939. The Kier molecular flexibility index (Phi) is 4.17. The monoisotopic (exact) mass is 330 g/mol. The van der Waals surface area contributed by atoms with Gasteiger partial charge in [0.25, 0.3) is 0 Å². The average Bonchev–Trinajstić information content (AvgIpc) is 2.51. The summed E-state index contributed by atoms with van der Waals surface area (Å²) in [6.07, 6.45) is 13.1. The lowest BCUT2D eigenvalue weighted by Gasteiger charge is -2.53. The number of fused-ring (bicyclic) bond motifs is 6. The van der Waals surface area contributed by atoms with Crippen LogP contribution < -0.4 is 0 Å². The van der Waals surface area contributed by atoms with Gasteiger partial charge in [0.1, 0.15) is 5.78 Å². The molecular formula is C23H38O. The maximum absolute atomic E-state index is 13.1. The molecule has 0 aromatic rings. The van der Waals surface area contributed by atoms with E-state index < -0.39 is 0 Å². The van der Waals surface area contributed by atoms with Crippen LogP contribution in [0.3, 0.4) is 0 Å². The molecule has 0 N–H and O–H groups in total. The zero-order chi connectivity index (χ0) is 17.1. The molecule has 0 aliphatic heterocycles. The summed E-state index contributed by atoms with van der Waals surface area (Å²) in [5, 5.41) is 0. The van der Waals surface area contributed by atoms with Crippen LogP contribution in [0.5, 0.6) is 0 Å². The molecule has 6 unspecified atom stereocenters. The van der Waals surface area contributed by atoms with Gasteiger partial charge in [-0.05, 0) is 85.4 Å². The van der Waals surface area contributed by atoms with Crippen LogP contribution in [0.2, 0.25) is 0 Å². The van der Waals surface area contributed by atoms with E-state index in [1.165, 1.54) is 57.8 Å². The van der Waals surface area contributed by atoms with Gasteiger partial charge in [-0.1, -0.05) is 40.5 Å². The summed E-state index contributed by atoms with van der Waals surface area (Å²) in [4.78, 5) is 13.1. The van der Waals surface area contributed by atoms with Crippen molar-refractivity contribution in [3.63, 3.8) is 0 Å². The second-order valence-corrected chi connectivity index (χ2v) is 11.3. The normalized spacial score (nSPS) is 45.3. The van der Waals surface area contributed by atoms with Crippen LogP contribution in [0.25, 0.3) is 0 Å². The van der Waals surface area contributed by atoms with E-state index in [2.05, 4.69) is 27.7 Å². The van der Waals surface area contributed by atoms with Gasteiger partial charge in [0, 0.05) is 12.3 Å². The molecular weight excluding hydrogens is 292 g/mol. The van der Waals surface area contributed by atoms with Gasteiger partial charge in [0.2, 0.25) is 0 Å². The highest BCUT2D eigenvalue weighted by molar-refractivity contribution is 5.81. The second-order valence-electron chi connectivity index (χ2n) is 11.3. The van der Waals surface area contributed by atoms with Gasteiger partial charge in [-0.3, -0.25) is 4.79 Å². The highest BCUT2D eigenvalue weighted by Crippen LogP contribution is 2.57. The standard InChI is InChI=1S/C23H38O/c1-22(2)13-15-5-8-19(22)17(11-15)7-10-21(24)18-12-16-6-9-20(18)23(3,4)14-16/h15-20H,5-14H2,1-4H3. The molecule has 6 fully saturated rings. The molecule has 6 saturated carbocycles. The third kappa shape index (κ3) is 2.88. The lowest BCUT2D eigenvalue weighted by Crippen LogP contribution is -2.47. The topological polar surface area (TPSA) is 17.1 Å². The molecule has 0 aromatic carbocycles. The predicted molar refractivity (Wildman–Crippen MR) is 99.7 cm³/mol. The van der Waals surface area contributed by atoms with Gasteiger partial charge < -0.3 is 0 Å². The first kappa shape index (κ1) is 17.1. The lowest BCUT2D eigenvalue weighted by atomic mass is 9.51. The van der Waals surface area contributed by atoms with Gasteiger partial charge in [-0.2, -0.15) is 0 Å². The van der Waals surface area contributed by atoms with Gasteiger partial charge in [0.05, 0.1) is 0 Å². The van der Waals surface area contributed by atoms with Crippen molar-refractivity contribution < 1.29 is 4.79 Å². The summed E-state index contributed by atoms with van der Waals surface area (Å²) >= 11 is 0. The van der Waals surface area contributed by atoms with E-state index in [0.717, 1.165) is 30.1 Å². The zero-order valence-electron chi connectivity index (χ0n) is 16.4. The third-order valence-electron chi connectivity index (χ3n) is 8.86. The summed E-state index contributed by atoms with van der Waals surface area (Å²) in [5.74, 6) is 5.23. The smallest absolute Gasteiger partial charge is 0.136 e. The largest absolute Gasteiger partial charge is 0.299 e. The van der Waals surface area contributed by atoms with Crippen molar-refractivity contribution in [3.05, 3.63) is 0 Å². The molecule has 1 heteroatoms. The first-order valence-electron chi connectivity index (χ1n) is 10.8. The van der Waals surface area contributed by atoms with E-state index in [1.54, 1.807) is 0 Å². The molecule has 0 amide bonds. The number of Topliss-reactive ketones (excluding diaryl/α,β-unsaturated/α-hetero) is 1. The maximum atomic E-state index is 13.1.